The third-order valence-corrected chi connectivity index (χ3v) is 5.52. The smallest absolute Gasteiger partial charge is 0.253 e. The van der Waals surface area contributed by atoms with E-state index in [9.17, 15) is 4.79 Å². The zero-order valence-corrected chi connectivity index (χ0v) is 17.1. The van der Waals surface area contributed by atoms with Crippen molar-refractivity contribution in [3.05, 3.63) is 87.7 Å². The molecule has 7 heteroatoms. The highest BCUT2D eigenvalue weighted by Crippen LogP contribution is 2.30. The van der Waals surface area contributed by atoms with E-state index in [0.717, 1.165) is 22.0 Å². The van der Waals surface area contributed by atoms with E-state index in [1.807, 2.05) is 36.4 Å². The lowest BCUT2D eigenvalue weighted by molar-refractivity contribution is 0.0955. The molecule has 0 fully saturated rings. The standard InChI is InChI=1S/C21H16BrClN4O/c22-16-6-2-1-5-14(16)9-12-24-20(28)15-13-27(21-25-10-4-11-26-21)18-8-3-7-17(23)19(15)18/h1-8,10-11,13H,9,12H2,(H,24,28). The molecule has 0 aliphatic heterocycles. The summed E-state index contributed by atoms with van der Waals surface area (Å²) in [5.74, 6) is 0.307. The third kappa shape index (κ3) is 3.66. The summed E-state index contributed by atoms with van der Waals surface area (Å²) in [6.07, 6.45) is 5.79. The Hall–Kier alpha value is -2.70. The summed E-state index contributed by atoms with van der Waals surface area (Å²) in [6, 6.07) is 15.2. The molecule has 4 rings (SSSR count). The molecular formula is C21H16BrClN4O. The number of nitrogens with one attached hydrogen (secondary N) is 1. The van der Waals surface area contributed by atoms with E-state index in [1.165, 1.54) is 0 Å². The number of carbonyl (C=O) groups excluding carboxylic acids is 1. The Labute approximate surface area is 175 Å². The first-order valence-corrected chi connectivity index (χ1v) is 9.91. The van der Waals surface area contributed by atoms with Crippen LogP contribution in [0, 0.1) is 0 Å². The molecule has 140 valence electrons. The summed E-state index contributed by atoms with van der Waals surface area (Å²) in [5.41, 5.74) is 2.43. The fourth-order valence-electron chi connectivity index (χ4n) is 3.10. The van der Waals surface area contributed by atoms with E-state index in [2.05, 4.69) is 31.2 Å². The van der Waals surface area contributed by atoms with Gasteiger partial charge in [0.25, 0.3) is 5.91 Å². The Balaban J connectivity index is 1.63. The van der Waals surface area contributed by atoms with Gasteiger partial charge in [-0.15, -0.1) is 0 Å². The molecule has 4 aromatic rings. The Kier molecular flexibility index (Phi) is 5.41. The molecule has 2 aromatic heterocycles. The first kappa shape index (κ1) is 18.7. The molecule has 2 heterocycles. The van der Waals surface area contributed by atoms with Crippen molar-refractivity contribution in [3.8, 4) is 5.95 Å². The van der Waals surface area contributed by atoms with Gasteiger partial charge in [-0.05, 0) is 36.2 Å². The van der Waals surface area contributed by atoms with Crippen LogP contribution in [0.25, 0.3) is 16.9 Å². The monoisotopic (exact) mass is 454 g/mol. The van der Waals surface area contributed by atoms with Crippen molar-refractivity contribution in [2.24, 2.45) is 0 Å². The molecule has 0 spiro atoms. The van der Waals surface area contributed by atoms with E-state index in [4.69, 9.17) is 11.6 Å². The summed E-state index contributed by atoms with van der Waals surface area (Å²) in [5, 5.41) is 4.19. The van der Waals surface area contributed by atoms with Crippen molar-refractivity contribution in [1.29, 1.82) is 0 Å². The molecule has 0 saturated heterocycles. The first-order valence-electron chi connectivity index (χ1n) is 8.73. The predicted molar refractivity (Wildman–Crippen MR) is 114 cm³/mol. The van der Waals surface area contributed by atoms with Crippen molar-refractivity contribution >= 4 is 44.3 Å². The maximum absolute atomic E-state index is 12.9. The molecule has 2 aromatic carbocycles. The van der Waals surface area contributed by atoms with Gasteiger partial charge in [0.15, 0.2) is 0 Å². The molecule has 0 radical (unpaired) electrons. The fourth-order valence-corrected chi connectivity index (χ4v) is 3.86. The Bertz CT molecular complexity index is 1140. The number of fused-ring (bicyclic) bond motifs is 1. The molecule has 0 atom stereocenters. The van der Waals surface area contributed by atoms with Gasteiger partial charge in [0, 0.05) is 35.0 Å². The molecule has 1 N–H and O–H groups in total. The van der Waals surface area contributed by atoms with Gasteiger partial charge in [-0.3, -0.25) is 9.36 Å². The summed E-state index contributed by atoms with van der Waals surface area (Å²) >= 11 is 9.95. The SMILES string of the molecule is O=C(NCCc1ccccc1Br)c1cn(-c2ncccn2)c2cccc(Cl)c12. The van der Waals surface area contributed by atoms with Crippen LogP contribution in [0.3, 0.4) is 0 Å². The second kappa shape index (κ2) is 8.12. The van der Waals surface area contributed by atoms with E-state index in [0.29, 0.717) is 28.5 Å². The second-order valence-electron chi connectivity index (χ2n) is 6.19. The quantitative estimate of drug-likeness (QED) is 0.470. The van der Waals surface area contributed by atoms with Crippen molar-refractivity contribution in [1.82, 2.24) is 19.9 Å². The summed E-state index contributed by atoms with van der Waals surface area (Å²) < 4.78 is 2.81. The molecule has 0 saturated carbocycles. The second-order valence-corrected chi connectivity index (χ2v) is 7.45. The van der Waals surface area contributed by atoms with Gasteiger partial charge in [0.1, 0.15) is 0 Å². The van der Waals surface area contributed by atoms with Crippen molar-refractivity contribution in [3.63, 3.8) is 0 Å². The van der Waals surface area contributed by atoms with Crippen LogP contribution in [0.5, 0.6) is 0 Å². The van der Waals surface area contributed by atoms with Crippen molar-refractivity contribution < 1.29 is 4.79 Å². The fraction of sp³-hybridized carbons (Fsp3) is 0.0952. The molecule has 1 amide bonds. The average molecular weight is 456 g/mol. The first-order chi connectivity index (χ1) is 13.6. The van der Waals surface area contributed by atoms with Crippen LogP contribution < -0.4 is 5.32 Å². The number of hydrogen-bond donors (Lipinski definition) is 1. The maximum Gasteiger partial charge on any atom is 0.253 e. The lowest BCUT2D eigenvalue weighted by Gasteiger charge is -2.06. The minimum absolute atomic E-state index is 0.181. The largest absolute Gasteiger partial charge is 0.352 e. The molecule has 0 aliphatic carbocycles. The number of benzene rings is 2. The van der Waals surface area contributed by atoms with Gasteiger partial charge >= 0.3 is 0 Å². The minimum atomic E-state index is -0.181. The highest BCUT2D eigenvalue weighted by molar-refractivity contribution is 9.10. The van der Waals surface area contributed by atoms with Crippen LogP contribution in [-0.2, 0) is 6.42 Å². The Morgan fingerprint density at radius 3 is 2.64 bits per heavy atom. The number of rotatable bonds is 5. The van der Waals surface area contributed by atoms with E-state index in [-0.39, 0.29) is 5.91 Å². The zero-order chi connectivity index (χ0) is 19.5. The summed E-state index contributed by atoms with van der Waals surface area (Å²) in [7, 11) is 0. The van der Waals surface area contributed by atoms with Gasteiger partial charge in [0.2, 0.25) is 5.95 Å². The number of amides is 1. The van der Waals surface area contributed by atoms with Crippen molar-refractivity contribution in [2.45, 2.75) is 6.42 Å². The van der Waals surface area contributed by atoms with Crippen LogP contribution in [0.4, 0.5) is 0 Å². The molecule has 0 unspecified atom stereocenters. The third-order valence-electron chi connectivity index (χ3n) is 4.43. The van der Waals surface area contributed by atoms with Crippen LogP contribution in [0.1, 0.15) is 15.9 Å². The van der Waals surface area contributed by atoms with Gasteiger partial charge in [-0.1, -0.05) is 51.8 Å². The number of nitrogens with zero attached hydrogens (tertiary/aromatic N) is 3. The topological polar surface area (TPSA) is 59.8 Å². The van der Waals surface area contributed by atoms with Gasteiger partial charge in [-0.2, -0.15) is 0 Å². The van der Waals surface area contributed by atoms with Crippen LogP contribution >= 0.6 is 27.5 Å². The Morgan fingerprint density at radius 1 is 1.07 bits per heavy atom. The van der Waals surface area contributed by atoms with Gasteiger partial charge < -0.3 is 5.32 Å². The highest BCUT2D eigenvalue weighted by atomic mass is 79.9. The normalized spacial score (nSPS) is 10.9. The Morgan fingerprint density at radius 2 is 1.86 bits per heavy atom. The summed E-state index contributed by atoms with van der Waals surface area (Å²) in [6.45, 7) is 0.514. The highest BCUT2D eigenvalue weighted by Gasteiger charge is 2.19. The molecule has 5 nitrogen and oxygen atoms in total. The van der Waals surface area contributed by atoms with Gasteiger partial charge in [0.05, 0.1) is 16.1 Å². The molecular weight excluding hydrogens is 440 g/mol. The summed E-state index contributed by atoms with van der Waals surface area (Å²) in [4.78, 5) is 21.5. The van der Waals surface area contributed by atoms with Crippen LogP contribution in [0.2, 0.25) is 5.02 Å². The van der Waals surface area contributed by atoms with Crippen LogP contribution in [-0.4, -0.2) is 27.0 Å². The number of hydrogen-bond acceptors (Lipinski definition) is 3. The number of halogens is 2. The van der Waals surface area contributed by atoms with E-state index in [1.54, 1.807) is 35.3 Å². The molecule has 0 aliphatic rings. The molecule has 0 bridgehead atoms. The van der Waals surface area contributed by atoms with E-state index >= 15 is 0 Å². The zero-order valence-electron chi connectivity index (χ0n) is 14.8. The minimum Gasteiger partial charge on any atom is -0.352 e. The maximum atomic E-state index is 12.9. The van der Waals surface area contributed by atoms with Crippen molar-refractivity contribution in [2.75, 3.05) is 6.54 Å². The predicted octanol–water partition coefficient (Wildman–Crippen LogP) is 4.81. The lowest BCUT2D eigenvalue weighted by atomic mass is 10.1. The number of carbonyl (C=O) groups is 1. The van der Waals surface area contributed by atoms with Gasteiger partial charge in [-0.25, -0.2) is 9.97 Å². The number of aromatic nitrogens is 3. The van der Waals surface area contributed by atoms with E-state index < -0.39 is 0 Å². The lowest BCUT2D eigenvalue weighted by Crippen LogP contribution is -2.25. The van der Waals surface area contributed by atoms with Crippen LogP contribution in [0.15, 0.2) is 71.6 Å². The average Bonchev–Trinajstić information content (AvgIpc) is 3.11. The molecule has 28 heavy (non-hydrogen) atoms.